The molecule has 1 N–H and O–H groups in total. The minimum Gasteiger partial charge on any atom is -0.493 e. The number of methoxy groups -OCH3 is 3. The van der Waals surface area contributed by atoms with Crippen molar-refractivity contribution in [3.8, 4) is 28.4 Å². The van der Waals surface area contributed by atoms with Crippen LogP contribution in [0.25, 0.3) is 11.1 Å². The number of aryl methyl sites for hydroxylation is 1. The highest BCUT2D eigenvalue weighted by molar-refractivity contribution is 5.95. The van der Waals surface area contributed by atoms with Crippen LogP contribution in [0.1, 0.15) is 47.8 Å². The summed E-state index contributed by atoms with van der Waals surface area (Å²) in [5, 5.41) is 3.02. The van der Waals surface area contributed by atoms with Crippen molar-refractivity contribution in [2.75, 3.05) is 21.3 Å². The van der Waals surface area contributed by atoms with Gasteiger partial charge in [0.1, 0.15) is 0 Å². The molecular weight excluding hydrogens is 358 g/mol. The summed E-state index contributed by atoms with van der Waals surface area (Å²) in [6.45, 7) is 3.04. The van der Waals surface area contributed by atoms with Gasteiger partial charge in [-0.2, -0.15) is 0 Å². The van der Waals surface area contributed by atoms with Crippen molar-refractivity contribution in [1.29, 1.82) is 0 Å². The number of amides is 1. The molecule has 3 rings (SSSR count). The molecule has 0 saturated carbocycles. The fraction of sp³-hybridized carbons (Fsp3) is 0.364. The number of nitrogens with one attached hydrogen (secondary N) is 1. The molecule has 1 atom stereocenters. The average molecular weight is 383 g/mol. The van der Waals surface area contributed by atoms with Crippen molar-refractivity contribution in [3.63, 3.8) is 0 Å². The number of carbonyl (C=O) groups is 2. The maximum Gasteiger partial charge on any atom is 0.217 e. The lowest BCUT2D eigenvalue weighted by Crippen LogP contribution is -2.26. The lowest BCUT2D eigenvalue weighted by molar-refractivity contribution is -0.119. The van der Waals surface area contributed by atoms with Crippen LogP contribution < -0.4 is 19.5 Å². The largest absolute Gasteiger partial charge is 0.493 e. The van der Waals surface area contributed by atoms with Gasteiger partial charge < -0.3 is 19.5 Å². The van der Waals surface area contributed by atoms with Gasteiger partial charge in [0.15, 0.2) is 17.3 Å². The molecule has 0 unspecified atom stereocenters. The molecule has 1 amide bonds. The van der Waals surface area contributed by atoms with E-state index in [0.29, 0.717) is 35.7 Å². The van der Waals surface area contributed by atoms with Crippen molar-refractivity contribution >= 4 is 11.7 Å². The van der Waals surface area contributed by atoms with Crippen LogP contribution in [-0.2, 0) is 11.2 Å². The number of rotatable bonds is 5. The zero-order valence-electron chi connectivity index (χ0n) is 16.8. The molecule has 1 aliphatic rings. The zero-order valence-corrected chi connectivity index (χ0v) is 16.8. The van der Waals surface area contributed by atoms with Crippen LogP contribution in [0.5, 0.6) is 17.2 Å². The first-order chi connectivity index (χ1) is 13.4. The van der Waals surface area contributed by atoms with Crippen LogP contribution in [0.3, 0.4) is 0 Å². The molecule has 2 aromatic carbocycles. The minimum absolute atomic E-state index is 0.0203. The van der Waals surface area contributed by atoms with Crippen molar-refractivity contribution < 1.29 is 23.8 Å². The van der Waals surface area contributed by atoms with Crippen molar-refractivity contribution in [3.05, 3.63) is 41.0 Å². The monoisotopic (exact) mass is 383 g/mol. The number of carbonyl (C=O) groups excluding carboxylic acids is 2. The molecule has 6 nitrogen and oxygen atoms in total. The van der Waals surface area contributed by atoms with Crippen LogP contribution in [-0.4, -0.2) is 33.0 Å². The van der Waals surface area contributed by atoms with Gasteiger partial charge in [-0.25, -0.2) is 0 Å². The maximum atomic E-state index is 12.0. The van der Waals surface area contributed by atoms with Gasteiger partial charge in [-0.05, 0) is 48.6 Å². The molecule has 0 spiro atoms. The van der Waals surface area contributed by atoms with Gasteiger partial charge in [-0.3, -0.25) is 9.59 Å². The molecule has 0 bridgehead atoms. The summed E-state index contributed by atoms with van der Waals surface area (Å²) in [5.41, 5.74) is 4.36. The Balaban J connectivity index is 2.33. The molecule has 148 valence electrons. The van der Waals surface area contributed by atoms with E-state index in [0.717, 1.165) is 22.3 Å². The van der Waals surface area contributed by atoms with Gasteiger partial charge in [0, 0.05) is 18.1 Å². The lowest BCUT2D eigenvalue weighted by Gasteiger charge is -2.21. The number of fused-ring (bicyclic) bond motifs is 3. The van der Waals surface area contributed by atoms with Gasteiger partial charge in [0.05, 0.1) is 27.4 Å². The standard InChI is InChI=1S/C22H25NO5/c1-12(24)14-6-8-16-17(10-14)18(23-13(2)25)9-7-15-11-19(26-3)21(27-4)22(28-5)20(15)16/h6,8,10-11,18H,7,9H2,1-5H3,(H,23,25)/t18-/m0/s1. The zero-order chi connectivity index (χ0) is 20.4. The van der Waals surface area contributed by atoms with E-state index in [1.54, 1.807) is 27.4 Å². The summed E-state index contributed by atoms with van der Waals surface area (Å²) in [6, 6.07) is 7.33. The van der Waals surface area contributed by atoms with Gasteiger partial charge in [-0.15, -0.1) is 0 Å². The predicted octanol–water partition coefficient (Wildman–Crippen LogP) is 3.71. The molecule has 28 heavy (non-hydrogen) atoms. The summed E-state index contributed by atoms with van der Waals surface area (Å²) >= 11 is 0. The Bertz CT molecular complexity index is 935. The van der Waals surface area contributed by atoms with Gasteiger partial charge in [0.2, 0.25) is 11.7 Å². The average Bonchev–Trinajstić information content (AvgIpc) is 2.82. The van der Waals surface area contributed by atoms with E-state index in [-0.39, 0.29) is 17.7 Å². The SMILES string of the molecule is COc1cc2c(c(OC)c1OC)-c1ccc(C(C)=O)cc1[C@@H](NC(C)=O)CC2. The molecule has 1 aliphatic carbocycles. The fourth-order valence-corrected chi connectivity index (χ4v) is 3.85. The van der Waals surface area contributed by atoms with Gasteiger partial charge in [-0.1, -0.05) is 12.1 Å². The second kappa shape index (κ2) is 7.92. The second-order valence-corrected chi connectivity index (χ2v) is 6.83. The number of hydrogen-bond acceptors (Lipinski definition) is 5. The van der Waals surface area contributed by atoms with E-state index in [1.165, 1.54) is 13.8 Å². The molecule has 0 saturated heterocycles. The Kier molecular flexibility index (Phi) is 5.58. The molecule has 6 heteroatoms. The van der Waals surface area contributed by atoms with Crippen LogP contribution >= 0.6 is 0 Å². The molecular formula is C22H25NO5. The summed E-state index contributed by atoms with van der Waals surface area (Å²) in [7, 11) is 4.76. The molecule has 0 heterocycles. The first-order valence-corrected chi connectivity index (χ1v) is 9.15. The highest BCUT2D eigenvalue weighted by Gasteiger charge is 2.29. The quantitative estimate of drug-likeness (QED) is 0.797. The van der Waals surface area contributed by atoms with E-state index < -0.39 is 0 Å². The Hall–Kier alpha value is -3.02. The van der Waals surface area contributed by atoms with Gasteiger partial charge >= 0.3 is 0 Å². The third-order valence-corrected chi connectivity index (χ3v) is 5.09. The van der Waals surface area contributed by atoms with Crippen molar-refractivity contribution in [1.82, 2.24) is 5.32 Å². The van der Waals surface area contributed by atoms with Crippen LogP contribution in [0.2, 0.25) is 0 Å². The fourth-order valence-electron chi connectivity index (χ4n) is 3.85. The number of ketones is 1. The highest BCUT2D eigenvalue weighted by Crippen LogP contribution is 2.50. The molecule has 0 aliphatic heterocycles. The lowest BCUT2D eigenvalue weighted by atomic mass is 9.91. The predicted molar refractivity (Wildman–Crippen MR) is 106 cm³/mol. The number of hydrogen-bond donors (Lipinski definition) is 1. The minimum atomic E-state index is -0.208. The number of benzene rings is 2. The molecule has 2 aromatic rings. The van der Waals surface area contributed by atoms with Crippen molar-refractivity contribution in [2.24, 2.45) is 0 Å². The van der Waals surface area contributed by atoms with E-state index >= 15 is 0 Å². The summed E-state index contributed by atoms with van der Waals surface area (Å²) < 4.78 is 16.8. The smallest absolute Gasteiger partial charge is 0.217 e. The third-order valence-electron chi connectivity index (χ3n) is 5.09. The summed E-state index contributed by atoms with van der Waals surface area (Å²) in [6.07, 6.45) is 1.40. The first kappa shape index (κ1) is 19.7. The normalized spacial score (nSPS) is 15.0. The van der Waals surface area contributed by atoms with Crippen molar-refractivity contribution in [2.45, 2.75) is 32.7 Å². The number of Topliss-reactive ketones (excluding diaryl/α,β-unsaturated/α-hetero) is 1. The van der Waals surface area contributed by atoms with E-state index in [1.807, 2.05) is 18.2 Å². The highest BCUT2D eigenvalue weighted by atomic mass is 16.5. The van der Waals surface area contributed by atoms with Gasteiger partial charge in [0.25, 0.3) is 0 Å². The van der Waals surface area contributed by atoms with Crippen LogP contribution in [0.4, 0.5) is 0 Å². The van der Waals surface area contributed by atoms with Crippen LogP contribution in [0.15, 0.2) is 24.3 Å². The Morgan fingerprint density at radius 2 is 1.71 bits per heavy atom. The van der Waals surface area contributed by atoms with Crippen LogP contribution in [0, 0.1) is 0 Å². The molecule has 0 aromatic heterocycles. The second-order valence-electron chi connectivity index (χ2n) is 6.83. The Morgan fingerprint density at radius 1 is 1.00 bits per heavy atom. The molecule has 0 fully saturated rings. The van der Waals surface area contributed by atoms with E-state index in [2.05, 4.69) is 5.32 Å². The number of ether oxygens (including phenoxy) is 3. The summed E-state index contributed by atoms with van der Waals surface area (Å²) in [4.78, 5) is 23.8. The maximum absolute atomic E-state index is 12.0. The Labute approximate surface area is 164 Å². The van der Waals surface area contributed by atoms with E-state index in [4.69, 9.17) is 14.2 Å². The third kappa shape index (κ3) is 3.42. The first-order valence-electron chi connectivity index (χ1n) is 9.15. The topological polar surface area (TPSA) is 73.9 Å². The Morgan fingerprint density at radius 3 is 2.29 bits per heavy atom. The molecule has 0 radical (unpaired) electrons. The van der Waals surface area contributed by atoms with E-state index in [9.17, 15) is 9.59 Å². The summed E-state index contributed by atoms with van der Waals surface area (Å²) in [5.74, 6) is 1.56.